The first-order valence-electron chi connectivity index (χ1n) is 9.77. The zero-order chi connectivity index (χ0) is 23.3. The molecule has 0 unspecified atom stereocenters. The van der Waals surface area contributed by atoms with Gasteiger partial charge in [-0.1, -0.05) is 59.9 Å². The summed E-state index contributed by atoms with van der Waals surface area (Å²) in [7, 11) is -3.71. The third kappa shape index (κ3) is 5.51. The van der Waals surface area contributed by atoms with E-state index in [9.17, 15) is 18.0 Å². The highest BCUT2D eigenvalue weighted by Crippen LogP contribution is 2.32. The van der Waals surface area contributed by atoms with E-state index < -0.39 is 28.4 Å². The number of nitrogens with zero attached hydrogens (tertiary/aromatic N) is 2. The number of aryl methyl sites for hydroxylation is 1. The van der Waals surface area contributed by atoms with Gasteiger partial charge in [0.1, 0.15) is 11.4 Å². The van der Waals surface area contributed by atoms with Gasteiger partial charge in [0.25, 0.3) is 0 Å². The summed E-state index contributed by atoms with van der Waals surface area (Å²) in [4.78, 5) is 29.8. The number of hydrogen-bond donors (Lipinski definition) is 1. The number of hydrogen-bond acceptors (Lipinski definition) is 7. The Morgan fingerprint density at radius 2 is 1.75 bits per heavy atom. The standard InChI is InChI=1S/C22H23N3O5S2/c1-4-30-21(27)20-19(16-11-6-5-7-12-16)24-22(31-20)23-18(26)14-25(32(3,28)29)17-13-9-8-10-15(17)2/h5-13H,4,14H2,1-3H3,(H,23,24,26). The van der Waals surface area contributed by atoms with Crippen LogP contribution in [0.3, 0.4) is 0 Å². The molecule has 168 valence electrons. The molecular formula is C22H23N3O5S2. The van der Waals surface area contributed by atoms with E-state index in [1.165, 1.54) is 0 Å². The molecule has 0 spiro atoms. The summed E-state index contributed by atoms with van der Waals surface area (Å²) in [5.74, 6) is -1.12. The first kappa shape index (κ1) is 23.4. The molecule has 1 heterocycles. The Bertz CT molecular complexity index is 1220. The van der Waals surface area contributed by atoms with Crippen LogP contribution < -0.4 is 9.62 Å². The lowest BCUT2D eigenvalue weighted by Crippen LogP contribution is -2.37. The molecule has 1 amide bonds. The van der Waals surface area contributed by atoms with E-state index in [-0.39, 0.29) is 16.6 Å². The van der Waals surface area contributed by atoms with Crippen molar-refractivity contribution in [3.05, 3.63) is 65.0 Å². The molecule has 0 aliphatic heterocycles. The van der Waals surface area contributed by atoms with Gasteiger partial charge in [0.05, 0.1) is 24.2 Å². The van der Waals surface area contributed by atoms with E-state index in [1.54, 1.807) is 50.2 Å². The Morgan fingerprint density at radius 3 is 2.38 bits per heavy atom. The Morgan fingerprint density at radius 1 is 1.09 bits per heavy atom. The number of amides is 1. The van der Waals surface area contributed by atoms with E-state index in [1.807, 2.05) is 18.2 Å². The molecule has 1 aromatic heterocycles. The summed E-state index contributed by atoms with van der Waals surface area (Å²) in [5, 5.41) is 2.79. The van der Waals surface area contributed by atoms with Crippen molar-refractivity contribution in [2.24, 2.45) is 0 Å². The highest BCUT2D eigenvalue weighted by molar-refractivity contribution is 7.92. The second-order valence-electron chi connectivity index (χ2n) is 6.89. The summed E-state index contributed by atoms with van der Waals surface area (Å²) >= 11 is 0.979. The maximum absolute atomic E-state index is 12.7. The fourth-order valence-corrected chi connectivity index (χ4v) is 4.83. The van der Waals surface area contributed by atoms with Gasteiger partial charge >= 0.3 is 5.97 Å². The van der Waals surface area contributed by atoms with Gasteiger partial charge in [-0.3, -0.25) is 9.10 Å². The van der Waals surface area contributed by atoms with Gasteiger partial charge in [0.2, 0.25) is 15.9 Å². The molecule has 8 nitrogen and oxygen atoms in total. The number of carbonyl (C=O) groups is 2. The Balaban J connectivity index is 1.88. The number of esters is 1. The average Bonchev–Trinajstić information content (AvgIpc) is 3.16. The highest BCUT2D eigenvalue weighted by atomic mass is 32.2. The number of ether oxygens (including phenoxy) is 1. The predicted molar refractivity (Wildman–Crippen MR) is 126 cm³/mol. The van der Waals surface area contributed by atoms with Crippen molar-refractivity contribution in [1.82, 2.24) is 4.98 Å². The number of rotatable bonds is 8. The molecule has 0 saturated carbocycles. The van der Waals surface area contributed by atoms with Crippen molar-refractivity contribution in [2.45, 2.75) is 13.8 Å². The summed E-state index contributed by atoms with van der Waals surface area (Å²) in [6, 6.07) is 16.0. The highest BCUT2D eigenvalue weighted by Gasteiger charge is 2.25. The lowest BCUT2D eigenvalue weighted by molar-refractivity contribution is -0.114. The minimum absolute atomic E-state index is 0.176. The molecule has 2 aromatic carbocycles. The first-order chi connectivity index (χ1) is 15.2. The van der Waals surface area contributed by atoms with E-state index in [2.05, 4.69) is 10.3 Å². The molecule has 0 bridgehead atoms. The second kappa shape index (κ2) is 9.92. The molecule has 0 atom stereocenters. The first-order valence-corrected chi connectivity index (χ1v) is 12.4. The summed E-state index contributed by atoms with van der Waals surface area (Å²) in [6.45, 7) is 3.24. The summed E-state index contributed by atoms with van der Waals surface area (Å²) in [6.07, 6.45) is 1.04. The molecule has 3 aromatic rings. The minimum Gasteiger partial charge on any atom is -0.462 e. The van der Waals surface area contributed by atoms with Crippen LogP contribution in [0, 0.1) is 6.92 Å². The van der Waals surface area contributed by atoms with Gasteiger partial charge in [-0.25, -0.2) is 18.2 Å². The van der Waals surface area contributed by atoms with Gasteiger partial charge < -0.3 is 10.1 Å². The van der Waals surface area contributed by atoms with Gasteiger partial charge in [0, 0.05) is 5.56 Å². The van der Waals surface area contributed by atoms with Crippen LogP contribution in [0.4, 0.5) is 10.8 Å². The molecule has 10 heteroatoms. The molecule has 0 radical (unpaired) electrons. The van der Waals surface area contributed by atoms with Crippen molar-refractivity contribution in [1.29, 1.82) is 0 Å². The van der Waals surface area contributed by atoms with Crippen LogP contribution >= 0.6 is 11.3 Å². The molecule has 0 fully saturated rings. The number of nitrogens with one attached hydrogen (secondary N) is 1. The van der Waals surface area contributed by atoms with E-state index in [4.69, 9.17) is 4.74 Å². The monoisotopic (exact) mass is 473 g/mol. The van der Waals surface area contributed by atoms with Crippen molar-refractivity contribution < 1.29 is 22.7 Å². The predicted octanol–water partition coefficient (Wildman–Crippen LogP) is 3.70. The van der Waals surface area contributed by atoms with Gasteiger partial charge in [-0.15, -0.1) is 0 Å². The van der Waals surface area contributed by atoms with Crippen LogP contribution in [-0.4, -0.2) is 44.7 Å². The van der Waals surface area contributed by atoms with E-state index in [0.29, 0.717) is 16.9 Å². The molecule has 1 N–H and O–H groups in total. The van der Waals surface area contributed by atoms with Crippen LogP contribution in [-0.2, 0) is 19.6 Å². The fraction of sp³-hybridized carbons (Fsp3) is 0.227. The largest absolute Gasteiger partial charge is 0.462 e. The van der Waals surface area contributed by atoms with Crippen LogP contribution in [0.5, 0.6) is 0 Å². The number of thiazole rings is 1. The molecule has 0 saturated heterocycles. The molecule has 32 heavy (non-hydrogen) atoms. The zero-order valence-electron chi connectivity index (χ0n) is 17.9. The summed E-state index contributed by atoms with van der Waals surface area (Å²) < 4.78 is 30.9. The van der Waals surface area contributed by atoms with Crippen LogP contribution in [0.25, 0.3) is 11.3 Å². The SMILES string of the molecule is CCOC(=O)c1sc(NC(=O)CN(c2ccccc2C)S(C)(=O)=O)nc1-c1ccccc1. The lowest BCUT2D eigenvalue weighted by atomic mass is 10.1. The van der Waals surface area contributed by atoms with E-state index >= 15 is 0 Å². The fourth-order valence-electron chi connectivity index (χ4n) is 3.01. The number of benzene rings is 2. The molecular weight excluding hydrogens is 450 g/mol. The Labute approximate surface area is 190 Å². The summed E-state index contributed by atoms with van der Waals surface area (Å²) in [5.41, 5.74) is 2.23. The zero-order valence-corrected chi connectivity index (χ0v) is 19.5. The Kier molecular flexibility index (Phi) is 7.26. The normalized spacial score (nSPS) is 11.1. The van der Waals surface area contributed by atoms with Gasteiger partial charge in [-0.2, -0.15) is 0 Å². The third-order valence-electron chi connectivity index (χ3n) is 4.45. The van der Waals surface area contributed by atoms with Crippen molar-refractivity contribution >= 4 is 44.1 Å². The number of sulfonamides is 1. The number of para-hydroxylation sites is 1. The van der Waals surface area contributed by atoms with Crippen molar-refractivity contribution in [3.8, 4) is 11.3 Å². The number of aromatic nitrogens is 1. The van der Waals surface area contributed by atoms with Crippen LogP contribution in [0.15, 0.2) is 54.6 Å². The molecule has 0 aliphatic rings. The number of anilines is 2. The molecule has 3 rings (SSSR count). The second-order valence-corrected chi connectivity index (χ2v) is 9.79. The third-order valence-corrected chi connectivity index (χ3v) is 6.53. The quantitative estimate of drug-likeness (QED) is 0.500. The maximum Gasteiger partial charge on any atom is 0.350 e. The topological polar surface area (TPSA) is 106 Å². The maximum atomic E-state index is 12.7. The van der Waals surface area contributed by atoms with Crippen molar-refractivity contribution in [3.63, 3.8) is 0 Å². The smallest absolute Gasteiger partial charge is 0.350 e. The molecule has 0 aliphatic carbocycles. The Hall–Kier alpha value is -3.24. The minimum atomic E-state index is -3.71. The van der Waals surface area contributed by atoms with E-state index in [0.717, 1.165) is 27.5 Å². The lowest BCUT2D eigenvalue weighted by Gasteiger charge is -2.23. The van der Waals surface area contributed by atoms with Crippen molar-refractivity contribution in [2.75, 3.05) is 29.0 Å². The number of carbonyl (C=O) groups excluding carboxylic acids is 2. The van der Waals surface area contributed by atoms with Crippen LogP contribution in [0.1, 0.15) is 22.2 Å². The van der Waals surface area contributed by atoms with Gasteiger partial charge in [0.15, 0.2) is 5.13 Å². The van der Waals surface area contributed by atoms with Gasteiger partial charge in [-0.05, 0) is 25.5 Å². The van der Waals surface area contributed by atoms with Crippen LogP contribution in [0.2, 0.25) is 0 Å². The average molecular weight is 474 g/mol.